The van der Waals surface area contributed by atoms with Gasteiger partial charge >= 0.3 is 11.9 Å². The summed E-state index contributed by atoms with van der Waals surface area (Å²) < 4.78 is 11.8. The standard InChI is InChI=1S/C34H49NO7/c1-18(16-36)19(2)29(39)30(42-23(6)38)21(4)28-26(41-22(5)37)15-32(8)27-10-9-24-20(3)25(35-40)11-12-33(24)17-34(27,33)14-13-31(28,32)7/h11-12,18,20-21,24,26-28,30,36,40H,2,9-10,13-17H2,1,3-8H3/b35-25+/t18-,20-,21?,24-,26-,27-,28-,30+,31+,32-,33?,34?/m0/s1. The van der Waals surface area contributed by atoms with Gasteiger partial charge in [-0.05, 0) is 83.7 Å². The second-order valence-electron chi connectivity index (χ2n) is 14.8. The van der Waals surface area contributed by atoms with E-state index in [4.69, 9.17) is 9.47 Å². The second-order valence-corrected chi connectivity index (χ2v) is 14.8. The number of Topliss-reactive ketones (excluding diaryl/α,β-unsaturated/α-hetero) is 1. The summed E-state index contributed by atoms with van der Waals surface area (Å²) in [5.74, 6) is -1.33. The second kappa shape index (κ2) is 10.3. The average molecular weight is 584 g/mol. The van der Waals surface area contributed by atoms with E-state index < -0.39 is 30.0 Å². The largest absolute Gasteiger partial charge is 0.462 e. The van der Waals surface area contributed by atoms with Crippen LogP contribution in [0, 0.1) is 57.2 Å². The molecule has 5 aliphatic carbocycles. The number of rotatable bonds is 8. The number of oxime groups is 1. The Bertz CT molecular complexity index is 1240. The molecule has 5 rings (SSSR count). The number of esters is 2. The van der Waals surface area contributed by atoms with Crippen molar-refractivity contribution in [3.63, 3.8) is 0 Å². The first-order valence-corrected chi connectivity index (χ1v) is 15.7. The van der Waals surface area contributed by atoms with Gasteiger partial charge in [0.2, 0.25) is 0 Å². The van der Waals surface area contributed by atoms with Gasteiger partial charge in [0.15, 0.2) is 11.9 Å². The van der Waals surface area contributed by atoms with E-state index in [1.165, 1.54) is 13.8 Å². The third-order valence-corrected chi connectivity index (χ3v) is 13.3. The molecule has 232 valence electrons. The monoisotopic (exact) mass is 583 g/mol. The molecule has 8 heteroatoms. The first-order chi connectivity index (χ1) is 19.6. The lowest BCUT2D eigenvalue weighted by Crippen LogP contribution is -2.56. The van der Waals surface area contributed by atoms with E-state index in [0.717, 1.165) is 37.8 Å². The minimum absolute atomic E-state index is 0.100. The van der Waals surface area contributed by atoms with E-state index in [1.54, 1.807) is 6.92 Å². The molecule has 0 radical (unpaired) electrons. The molecule has 12 atom stereocenters. The number of hydrogen-bond acceptors (Lipinski definition) is 8. The van der Waals surface area contributed by atoms with Crippen molar-refractivity contribution in [2.75, 3.05) is 6.61 Å². The lowest BCUT2D eigenvalue weighted by Gasteiger charge is -2.61. The van der Waals surface area contributed by atoms with Gasteiger partial charge in [-0.3, -0.25) is 14.4 Å². The van der Waals surface area contributed by atoms with Crippen LogP contribution < -0.4 is 0 Å². The van der Waals surface area contributed by atoms with Crippen molar-refractivity contribution in [3.8, 4) is 0 Å². The van der Waals surface area contributed by atoms with Crippen molar-refractivity contribution in [1.29, 1.82) is 0 Å². The molecule has 8 nitrogen and oxygen atoms in total. The van der Waals surface area contributed by atoms with E-state index >= 15 is 0 Å². The highest BCUT2D eigenvalue weighted by atomic mass is 16.6. The quantitative estimate of drug-likeness (QED) is 0.167. The highest BCUT2D eigenvalue weighted by Gasteiger charge is 2.81. The summed E-state index contributed by atoms with van der Waals surface area (Å²) in [5.41, 5.74) is 0.814. The van der Waals surface area contributed by atoms with Gasteiger partial charge in [0.25, 0.3) is 0 Å². The lowest BCUT2D eigenvalue weighted by atomic mass is 9.43. The zero-order chi connectivity index (χ0) is 31.0. The number of carbonyl (C=O) groups is 3. The number of ketones is 1. The number of hydrogen-bond donors (Lipinski definition) is 2. The molecule has 0 aromatic carbocycles. The smallest absolute Gasteiger partial charge is 0.303 e. The molecule has 5 aliphatic rings. The van der Waals surface area contributed by atoms with Gasteiger partial charge in [-0.1, -0.05) is 52.4 Å². The Kier molecular flexibility index (Phi) is 7.60. The normalized spacial score (nSPS) is 44.5. The van der Waals surface area contributed by atoms with Crippen LogP contribution in [0.4, 0.5) is 0 Å². The van der Waals surface area contributed by atoms with Crippen LogP contribution in [0.1, 0.15) is 87.0 Å². The molecular weight excluding hydrogens is 534 g/mol. The third-order valence-electron chi connectivity index (χ3n) is 13.3. The van der Waals surface area contributed by atoms with Crippen molar-refractivity contribution < 1.29 is 34.2 Å². The summed E-state index contributed by atoms with van der Waals surface area (Å²) in [5, 5.41) is 22.9. The minimum atomic E-state index is -1.08. The van der Waals surface area contributed by atoms with Crippen LogP contribution in [0.2, 0.25) is 0 Å². The highest BCUT2D eigenvalue weighted by molar-refractivity contribution is 6.00. The fraction of sp³-hybridized carbons (Fsp3) is 0.765. The van der Waals surface area contributed by atoms with Crippen LogP contribution in [-0.4, -0.2) is 52.6 Å². The average Bonchev–Trinajstić information content (AvgIpc) is 3.53. The van der Waals surface area contributed by atoms with Gasteiger partial charge in [-0.15, -0.1) is 0 Å². The molecule has 0 aromatic rings. The number of aliphatic hydroxyl groups excluding tert-OH is 1. The molecule has 2 N–H and O–H groups in total. The van der Waals surface area contributed by atoms with Crippen LogP contribution in [0.15, 0.2) is 29.5 Å². The molecule has 42 heavy (non-hydrogen) atoms. The van der Waals surface area contributed by atoms with E-state index in [0.29, 0.717) is 18.3 Å². The first kappa shape index (κ1) is 31.0. The Hall–Kier alpha value is -2.48. The molecule has 0 bridgehead atoms. The SMILES string of the molecule is C=C(C(=O)[C@H](OC(C)=O)C(C)[C@H]1[C@@H](OC(C)=O)C[C@@]2(C)[C@@H]3CC[C@H]4[C@H](C)/C(=N/O)C=CC45CC35CC[C@]12C)[C@@H](C)CO. The Morgan fingerprint density at radius 1 is 1.12 bits per heavy atom. The number of fused-ring (bicyclic) bond motifs is 2. The van der Waals surface area contributed by atoms with Gasteiger partial charge in [0.05, 0.1) is 5.71 Å². The van der Waals surface area contributed by atoms with E-state index in [2.05, 4.69) is 38.6 Å². The number of allylic oxidation sites excluding steroid dienone is 2. The fourth-order valence-electron chi connectivity index (χ4n) is 11.1. The van der Waals surface area contributed by atoms with Crippen LogP contribution >= 0.6 is 0 Å². The van der Waals surface area contributed by atoms with Gasteiger partial charge < -0.3 is 19.8 Å². The van der Waals surface area contributed by atoms with Crippen molar-refractivity contribution in [2.45, 2.75) is 99.2 Å². The highest BCUT2D eigenvalue weighted by Crippen LogP contribution is 2.87. The summed E-state index contributed by atoms with van der Waals surface area (Å²) in [6.45, 7) is 17.0. The zero-order valence-corrected chi connectivity index (χ0v) is 26.3. The molecule has 4 fully saturated rings. The summed E-state index contributed by atoms with van der Waals surface area (Å²) in [7, 11) is 0. The minimum Gasteiger partial charge on any atom is -0.462 e. The number of carbonyl (C=O) groups excluding carboxylic acids is 3. The van der Waals surface area contributed by atoms with Gasteiger partial charge in [0.1, 0.15) is 6.10 Å². The molecule has 2 spiro atoms. The molecule has 0 aliphatic heterocycles. The van der Waals surface area contributed by atoms with E-state index in [9.17, 15) is 24.7 Å². The molecule has 0 aromatic heterocycles. The number of nitrogens with zero attached hydrogens (tertiary/aromatic N) is 1. The van der Waals surface area contributed by atoms with Crippen molar-refractivity contribution in [1.82, 2.24) is 0 Å². The van der Waals surface area contributed by atoms with Gasteiger partial charge in [0, 0.05) is 44.1 Å². The maximum Gasteiger partial charge on any atom is 0.303 e. The van der Waals surface area contributed by atoms with Crippen LogP contribution in [-0.2, 0) is 23.9 Å². The van der Waals surface area contributed by atoms with Gasteiger partial charge in [-0.25, -0.2) is 0 Å². The molecular formula is C34H49NO7. The predicted molar refractivity (Wildman–Crippen MR) is 157 cm³/mol. The van der Waals surface area contributed by atoms with Crippen molar-refractivity contribution >= 4 is 23.4 Å². The molecule has 0 heterocycles. The van der Waals surface area contributed by atoms with Crippen LogP contribution in [0.25, 0.3) is 0 Å². The summed E-state index contributed by atoms with van der Waals surface area (Å²) >= 11 is 0. The van der Waals surface area contributed by atoms with E-state index in [-0.39, 0.29) is 57.4 Å². The maximum atomic E-state index is 13.7. The third kappa shape index (κ3) is 4.10. The van der Waals surface area contributed by atoms with Crippen LogP contribution in [0.5, 0.6) is 0 Å². The van der Waals surface area contributed by atoms with Gasteiger partial charge in [-0.2, -0.15) is 0 Å². The Morgan fingerprint density at radius 2 is 1.81 bits per heavy atom. The topological polar surface area (TPSA) is 122 Å². The summed E-state index contributed by atoms with van der Waals surface area (Å²) in [6.07, 6.45) is 8.77. The Balaban J connectivity index is 1.54. The molecule has 3 unspecified atom stereocenters. The molecule has 4 saturated carbocycles. The summed E-state index contributed by atoms with van der Waals surface area (Å²) in [6, 6.07) is 0. The Labute approximate surface area is 250 Å². The molecule has 0 amide bonds. The number of aliphatic hydroxyl groups is 1. The predicted octanol–water partition coefficient (Wildman–Crippen LogP) is 5.50. The molecule has 0 saturated heterocycles. The summed E-state index contributed by atoms with van der Waals surface area (Å²) in [4.78, 5) is 38.5. The zero-order valence-electron chi connectivity index (χ0n) is 26.3. The van der Waals surface area contributed by atoms with Crippen molar-refractivity contribution in [3.05, 3.63) is 24.3 Å². The maximum absolute atomic E-state index is 13.7. The van der Waals surface area contributed by atoms with Crippen LogP contribution in [0.3, 0.4) is 0 Å². The number of ether oxygens (including phenoxy) is 2. The van der Waals surface area contributed by atoms with Crippen molar-refractivity contribution in [2.24, 2.45) is 62.3 Å². The first-order valence-electron chi connectivity index (χ1n) is 15.7. The Morgan fingerprint density at radius 3 is 2.40 bits per heavy atom. The lowest BCUT2D eigenvalue weighted by molar-refractivity contribution is -0.166. The fourth-order valence-corrected chi connectivity index (χ4v) is 11.1. The van der Waals surface area contributed by atoms with E-state index in [1.807, 2.05) is 13.0 Å².